The lowest BCUT2D eigenvalue weighted by molar-refractivity contribution is 0.0957. The first-order valence-corrected chi connectivity index (χ1v) is 5.68. The first-order chi connectivity index (χ1) is 7.77. The summed E-state index contributed by atoms with van der Waals surface area (Å²) in [5.74, 6) is 0.681. The molecule has 2 aromatic heterocycles. The van der Waals surface area contributed by atoms with Gasteiger partial charge in [0.2, 0.25) is 0 Å². The van der Waals surface area contributed by atoms with Crippen LogP contribution < -0.4 is 5.32 Å². The molecule has 84 valence electrons. The molecule has 0 atom stereocenters. The number of thiazole rings is 1. The summed E-state index contributed by atoms with van der Waals surface area (Å²) in [6.45, 7) is 2.35. The second-order valence-corrected chi connectivity index (χ2v) is 4.06. The molecule has 0 bridgehead atoms. The Kier molecular flexibility index (Phi) is 3.25. The zero-order valence-corrected chi connectivity index (χ0v) is 9.54. The van der Waals surface area contributed by atoms with E-state index in [2.05, 4.69) is 25.5 Å². The number of hydrogen-bond donors (Lipinski definition) is 2. The number of carbonyl (C=O) groups excluding carboxylic acids is 1. The van der Waals surface area contributed by atoms with E-state index in [0.717, 1.165) is 11.5 Å². The van der Waals surface area contributed by atoms with Crippen molar-refractivity contribution in [3.05, 3.63) is 28.2 Å². The fourth-order valence-electron chi connectivity index (χ4n) is 1.25. The van der Waals surface area contributed by atoms with Crippen LogP contribution >= 0.6 is 11.3 Å². The zero-order valence-electron chi connectivity index (χ0n) is 8.73. The van der Waals surface area contributed by atoms with Gasteiger partial charge in [-0.2, -0.15) is 5.10 Å². The van der Waals surface area contributed by atoms with Crippen molar-refractivity contribution in [2.45, 2.75) is 13.3 Å². The van der Waals surface area contributed by atoms with Crippen molar-refractivity contribution in [2.75, 3.05) is 6.54 Å². The van der Waals surface area contributed by atoms with E-state index >= 15 is 0 Å². The highest BCUT2D eigenvalue weighted by atomic mass is 32.1. The van der Waals surface area contributed by atoms with Crippen LogP contribution in [0.25, 0.3) is 0 Å². The summed E-state index contributed by atoms with van der Waals surface area (Å²) in [6, 6.07) is 0. The van der Waals surface area contributed by atoms with Crippen molar-refractivity contribution in [3.8, 4) is 0 Å². The molecular formula is C9H11N5OS. The summed E-state index contributed by atoms with van der Waals surface area (Å²) < 4.78 is 0. The number of rotatable bonds is 4. The third kappa shape index (κ3) is 2.43. The highest BCUT2D eigenvalue weighted by Gasteiger charge is 2.10. The number of amides is 1. The number of nitrogens with zero attached hydrogens (tertiary/aromatic N) is 3. The lowest BCUT2D eigenvalue weighted by Gasteiger charge is -2.01. The normalized spacial score (nSPS) is 10.3. The minimum atomic E-state index is -0.0838. The molecule has 2 aromatic rings. The highest BCUT2D eigenvalue weighted by molar-refractivity contribution is 7.11. The second-order valence-electron chi connectivity index (χ2n) is 3.20. The van der Waals surface area contributed by atoms with Crippen LogP contribution in [0.2, 0.25) is 0 Å². The molecule has 2 heterocycles. The molecule has 0 aliphatic carbocycles. The monoisotopic (exact) mass is 237 g/mol. The first kappa shape index (κ1) is 10.7. The van der Waals surface area contributed by atoms with Gasteiger partial charge in [0.05, 0.1) is 11.2 Å². The Bertz CT molecular complexity index is 464. The third-order valence-electron chi connectivity index (χ3n) is 2.06. The average molecular weight is 237 g/mol. The molecule has 0 fully saturated rings. The molecule has 0 radical (unpaired) electrons. The molecule has 0 spiro atoms. The molecule has 2 N–H and O–H groups in total. The molecule has 0 aliphatic heterocycles. The van der Waals surface area contributed by atoms with E-state index in [4.69, 9.17) is 0 Å². The van der Waals surface area contributed by atoms with E-state index in [1.54, 1.807) is 5.51 Å². The predicted octanol–water partition coefficient (Wildman–Crippen LogP) is 0.542. The Balaban J connectivity index is 1.83. The molecule has 0 unspecified atom stereocenters. The summed E-state index contributed by atoms with van der Waals surface area (Å²) >= 11 is 1.35. The molecule has 16 heavy (non-hydrogen) atoms. The van der Waals surface area contributed by atoms with Crippen molar-refractivity contribution >= 4 is 17.2 Å². The van der Waals surface area contributed by atoms with Gasteiger partial charge in [0.25, 0.3) is 5.91 Å². The van der Waals surface area contributed by atoms with Crippen LogP contribution in [0.15, 0.2) is 11.8 Å². The standard InChI is InChI=1S/C9H11N5OS/c1-6-8(16-5-12-6)9(15)10-3-2-7-11-4-13-14-7/h4-5H,2-3H2,1H3,(H,10,15)(H,11,13,14). The van der Waals surface area contributed by atoms with Crippen molar-refractivity contribution in [2.24, 2.45) is 0 Å². The fraction of sp³-hybridized carbons (Fsp3) is 0.333. The van der Waals surface area contributed by atoms with E-state index < -0.39 is 0 Å². The minimum Gasteiger partial charge on any atom is -0.351 e. The van der Waals surface area contributed by atoms with E-state index in [-0.39, 0.29) is 5.91 Å². The number of hydrogen-bond acceptors (Lipinski definition) is 5. The van der Waals surface area contributed by atoms with E-state index in [1.807, 2.05) is 6.92 Å². The van der Waals surface area contributed by atoms with Crippen molar-refractivity contribution in [1.82, 2.24) is 25.5 Å². The smallest absolute Gasteiger partial charge is 0.263 e. The molecule has 0 aromatic carbocycles. The van der Waals surface area contributed by atoms with Crippen LogP contribution in [0, 0.1) is 6.92 Å². The van der Waals surface area contributed by atoms with E-state index in [1.165, 1.54) is 17.7 Å². The lowest BCUT2D eigenvalue weighted by atomic mass is 10.3. The summed E-state index contributed by atoms with van der Waals surface area (Å²) in [5, 5.41) is 9.27. The van der Waals surface area contributed by atoms with Crippen molar-refractivity contribution < 1.29 is 4.79 Å². The summed E-state index contributed by atoms with van der Waals surface area (Å²) in [4.78, 5) is 20.3. The number of aryl methyl sites for hydroxylation is 1. The first-order valence-electron chi connectivity index (χ1n) is 4.80. The zero-order chi connectivity index (χ0) is 11.4. The molecule has 6 nitrogen and oxygen atoms in total. The van der Waals surface area contributed by atoms with Crippen LogP contribution in [-0.2, 0) is 6.42 Å². The maximum absolute atomic E-state index is 11.7. The van der Waals surface area contributed by atoms with E-state index in [0.29, 0.717) is 17.8 Å². The SMILES string of the molecule is Cc1ncsc1C(=O)NCCc1ncn[nH]1. The van der Waals surface area contributed by atoms with Crippen molar-refractivity contribution in [3.63, 3.8) is 0 Å². The van der Waals surface area contributed by atoms with Gasteiger partial charge in [0, 0.05) is 13.0 Å². The molecular weight excluding hydrogens is 226 g/mol. The van der Waals surface area contributed by atoms with Gasteiger partial charge in [-0.15, -0.1) is 11.3 Å². The number of aromatic amines is 1. The molecule has 2 rings (SSSR count). The van der Waals surface area contributed by atoms with Crippen LogP contribution in [0.5, 0.6) is 0 Å². The largest absolute Gasteiger partial charge is 0.351 e. The molecule has 0 saturated carbocycles. The van der Waals surface area contributed by atoms with Crippen LogP contribution in [0.1, 0.15) is 21.2 Å². The third-order valence-corrected chi connectivity index (χ3v) is 2.99. The molecule has 1 amide bonds. The molecule has 0 saturated heterocycles. The van der Waals surface area contributed by atoms with Crippen LogP contribution in [0.3, 0.4) is 0 Å². The average Bonchev–Trinajstić information content (AvgIpc) is 2.88. The molecule has 0 aliphatic rings. The maximum atomic E-state index is 11.7. The Morgan fingerprint density at radius 3 is 3.06 bits per heavy atom. The van der Waals surface area contributed by atoms with Gasteiger partial charge in [-0.3, -0.25) is 9.89 Å². The predicted molar refractivity (Wildman–Crippen MR) is 59.3 cm³/mol. The maximum Gasteiger partial charge on any atom is 0.263 e. The number of carbonyl (C=O) groups is 1. The lowest BCUT2D eigenvalue weighted by Crippen LogP contribution is -2.25. The Labute approximate surface area is 96.1 Å². The Morgan fingerprint density at radius 1 is 1.56 bits per heavy atom. The summed E-state index contributed by atoms with van der Waals surface area (Å²) in [7, 11) is 0. The molecule has 7 heteroatoms. The number of nitrogens with one attached hydrogen (secondary N) is 2. The number of H-pyrrole nitrogens is 1. The number of aromatic nitrogens is 4. The minimum absolute atomic E-state index is 0.0838. The topological polar surface area (TPSA) is 83.6 Å². The van der Waals surface area contributed by atoms with E-state index in [9.17, 15) is 4.79 Å². The van der Waals surface area contributed by atoms with Crippen LogP contribution in [0.4, 0.5) is 0 Å². The van der Waals surface area contributed by atoms with Crippen molar-refractivity contribution in [1.29, 1.82) is 0 Å². The van der Waals surface area contributed by atoms with Gasteiger partial charge in [-0.05, 0) is 6.92 Å². The van der Waals surface area contributed by atoms with Crippen LogP contribution in [-0.4, -0.2) is 32.6 Å². The Morgan fingerprint density at radius 2 is 2.44 bits per heavy atom. The van der Waals surface area contributed by atoms with Gasteiger partial charge >= 0.3 is 0 Å². The second kappa shape index (κ2) is 4.84. The van der Waals surface area contributed by atoms with Gasteiger partial charge in [-0.25, -0.2) is 9.97 Å². The Hall–Kier alpha value is -1.76. The summed E-state index contributed by atoms with van der Waals surface area (Å²) in [5.41, 5.74) is 2.43. The highest BCUT2D eigenvalue weighted by Crippen LogP contribution is 2.11. The summed E-state index contributed by atoms with van der Waals surface area (Å²) in [6.07, 6.45) is 2.09. The van der Waals surface area contributed by atoms with Gasteiger partial charge in [-0.1, -0.05) is 0 Å². The fourth-order valence-corrected chi connectivity index (χ4v) is 1.96. The van der Waals surface area contributed by atoms with Gasteiger partial charge in [0.1, 0.15) is 17.0 Å². The van der Waals surface area contributed by atoms with Gasteiger partial charge in [0.15, 0.2) is 0 Å². The van der Waals surface area contributed by atoms with Gasteiger partial charge < -0.3 is 5.32 Å². The quantitative estimate of drug-likeness (QED) is 0.813.